The molecule has 74 heavy (non-hydrogen) atoms. The van der Waals surface area contributed by atoms with Crippen LogP contribution in [-0.2, 0) is 21.7 Å². The standard InChI is InChI=1S/C70H66N4/c1-67(2,3)43-27-32-60-54(37-43)55-38-44(68(4,5)6)28-33-61(55)71(60)47-19-17-21-49(41-47)73-59-26-16-14-24-53(59)65-64(73)36-31-52-51-23-13-15-25-58(51)74(66(52)65)50-22-18-20-48(42-50)72-62-34-29-45(69(7,8)9)39-56(62)57-40-46(70(10,11)12)30-35-63(57)72/h13-42H,1-12H3. The lowest BCUT2D eigenvalue weighted by molar-refractivity contribution is 0.590. The molecule has 4 nitrogen and oxygen atoms in total. The van der Waals surface area contributed by atoms with E-state index >= 15 is 0 Å². The molecule has 0 aliphatic heterocycles. The molecule has 4 heteroatoms. The Morgan fingerprint density at radius 1 is 0.230 bits per heavy atom. The van der Waals surface area contributed by atoms with Gasteiger partial charge in [-0.1, -0.05) is 162 Å². The maximum atomic E-state index is 2.53. The summed E-state index contributed by atoms with van der Waals surface area (Å²) in [6.07, 6.45) is 0. The molecule has 0 atom stereocenters. The van der Waals surface area contributed by atoms with Crippen molar-refractivity contribution in [2.75, 3.05) is 0 Å². The highest BCUT2D eigenvalue weighted by molar-refractivity contribution is 6.26. The van der Waals surface area contributed by atoms with Gasteiger partial charge in [0.1, 0.15) is 0 Å². The van der Waals surface area contributed by atoms with E-state index in [0.717, 1.165) is 22.7 Å². The van der Waals surface area contributed by atoms with Crippen LogP contribution in [0.25, 0.3) is 110 Å². The van der Waals surface area contributed by atoms with Gasteiger partial charge in [-0.3, -0.25) is 0 Å². The molecule has 0 aliphatic carbocycles. The van der Waals surface area contributed by atoms with Crippen molar-refractivity contribution < 1.29 is 0 Å². The van der Waals surface area contributed by atoms with E-state index in [1.807, 2.05) is 0 Å². The van der Waals surface area contributed by atoms with Crippen LogP contribution in [-0.4, -0.2) is 18.3 Å². The third-order valence-corrected chi connectivity index (χ3v) is 16.2. The quantitative estimate of drug-likeness (QED) is 0.167. The Labute approximate surface area is 435 Å². The molecule has 0 aliphatic rings. The monoisotopic (exact) mass is 963 g/mol. The zero-order chi connectivity index (χ0) is 51.4. The molecule has 0 saturated heterocycles. The van der Waals surface area contributed by atoms with Crippen LogP contribution in [0.2, 0.25) is 0 Å². The summed E-state index contributed by atoms with van der Waals surface area (Å²) in [6, 6.07) is 69.5. The molecule has 0 spiro atoms. The van der Waals surface area contributed by atoms with Crippen LogP contribution in [0.1, 0.15) is 105 Å². The Morgan fingerprint density at radius 2 is 0.541 bits per heavy atom. The van der Waals surface area contributed by atoms with Gasteiger partial charge in [0.25, 0.3) is 0 Å². The number of hydrogen-bond acceptors (Lipinski definition) is 0. The molecule has 0 fully saturated rings. The van der Waals surface area contributed by atoms with E-state index in [0.29, 0.717) is 0 Å². The lowest BCUT2D eigenvalue weighted by atomic mass is 9.85. The molecular weight excluding hydrogens is 897 g/mol. The predicted molar refractivity (Wildman–Crippen MR) is 319 cm³/mol. The lowest BCUT2D eigenvalue weighted by Crippen LogP contribution is -2.10. The largest absolute Gasteiger partial charge is 0.309 e. The number of rotatable bonds is 4. The van der Waals surface area contributed by atoms with Gasteiger partial charge in [0.15, 0.2) is 0 Å². The zero-order valence-electron chi connectivity index (χ0n) is 45.1. The summed E-state index contributed by atoms with van der Waals surface area (Å²) in [4.78, 5) is 0. The molecule has 366 valence electrons. The predicted octanol–water partition coefficient (Wildman–Crippen LogP) is 19.3. The van der Waals surface area contributed by atoms with Crippen molar-refractivity contribution in [1.82, 2.24) is 18.3 Å². The van der Waals surface area contributed by atoms with Gasteiger partial charge in [0.2, 0.25) is 0 Å². The molecule has 4 heterocycles. The number of fused-ring (bicyclic) bond motifs is 13. The first kappa shape index (κ1) is 46.0. The molecule has 0 N–H and O–H groups in total. The third-order valence-electron chi connectivity index (χ3n) is 16.2. The minimum atomic E-state index is 0.0256. The van der Waals surface area contributed by atoms with Crippen LogP contribution in [0.3, 0.4) is 0 Å². The summed E-state index contributed by atoms with van der Waals surface area (Å²) < 4.78 is 9.99. The molecule has 0 saturated carbocycles. The van der Waals surface area contributed by atoms with Crippen LogP contribution in [0.15, 0.2) is 182 Å². The van der Waals surface area contributed by atoms with Gasteiger partial charge in [-0.05, 0) is 147 Å². The van der Waals surface area contributed by atoms with E-state index in [2.05, 4.69) is 283 Å². The van der Waals surface area contributed by atoms with Crippen molar-refractivity contribution in [3.8, 4) is 22.7 Å². The van der Waals surface area contributed by atoms with Crippen molar-refractivity contribution in [3.05, 3.63) is 204 Å². The molecule has 13 rings (SSSR count). The smallest absolute Gasteiger partial charge is 0.0641 e. The van der Waals surface area contributed by atoms with Gasteiger partial charge in [-0.25, -0.2) is 0 Å². The molecule has 9 aromatic carbocycles. The molecule has 0 bridgehead atoms. The Balaban J connectivity index is 1.04. The number of para-hydroxylation sites is 2. The van der Waals surface area contributed by atoms with Crippen LogP contribution in [0, 0.1) is 0 Å². The van der Waals surface area contributed by atoms with Crippen LogP contribution in [0.4, 0.5) is 0 Å². The summed E-state index contributed by atoms with van der Waals surface area (Å²) in [5, 5.41) is 10.1. The molecule has 0 amide bonds. The van der Waals surface area contributed by atoms with Crippen molar-refractivity contribution >= 4 is 87.2 Å². The number of nitrogens with zero attached hydrogens (tertiary/aromatic N) is 4. The minimum Gasteiger partial charge on any atom is -0.309 e. The van der Waals surface area contributed by atoms with Crippen molar-refractivity contribution in [3.63, 3.8) is 0 Å². The fourth-order valence-corrected chi connectivity index (χ4v) is 12.1. The van der Waals surface area contributed by atoms with Crippen molar-refractivity contribution in [1.29, 1.82) is 0 Å². The Kier molecular flexibility index (Phi) is 9.85. The van der Waals surface area contributed by atoms with Crippen molar-refractivity contribution in [2.45, 2.75) is 105 Å². The fourth-order valence-electron chi connectivity index (χ4n) is 12.1. The Bertz CT molecular complexity index is 4310. The van der Waals surface area contributed by atoms with Gasteiger partial charge in [0, 0.05) is 65.8 Å². The molecule has 4 aromatic heterocycles. The van der Waals surface area contributed by atoms with Crippen LogP contribution < -0.4 is 0 Å². The lowest BCUT2D eigenvalue weighted by Gasteiger charge is -2.19. The third kappa shape index (κ3) is 7.01. The molecule has 13 aromatic rings. The second-order valence-electron chi connectivity index (χ2n) is 25.2. The highest BCUT2D eigenvalue weighted by atomic mass is 15.0. The second-order valence-corrected chi connectivity index (χ2v) is 25.2. The fraction of sp³-hybridized carbons (Fsp3) is 0.229. The first-order valence-electron chi connectivity index (χ1n) is 26.6. The van der Waals surface area contributed by atoms with Gasteiger partial charge in [-0.2, -0.15) is 0 Å². The average Bonchev–Trinajstić information content (AvgIpc) is 4.09. The van der Waals surface area contributed by atoms with Gasteiger partial charge in [0.05, 0.1) is 44.1 Å². The topological polar surface area (TPSA) is 19.7 Å². The van der Waals surface area contributed by atoms with Gasteiger partial charge < -0.3 is 18.3 Å². The maximum Gasteiger partial charge on any atom is 0.0641 e. The Morgan fingerprint density at radius 3 is 0.932 bits per heavy atom. The molecular formula is C70H66N4. The zero-order valence-corrected chi connectivity index (χ0v) is 45.1. The first-order valence-corrected chi connectivity index (χ1v) is 26.6. The van der Waals surface area contributed by atoms with E-state index in [9.17, 15) is 0 Å². The van der Waals surface area contributed by atoms with Crippen LogP contribution in [0.5, 0.6) is 0 Å². The summed E-state index contributed by atoms with van der Waals surface area (Å²) in [5.41, 5.74) is 19.6. The minimum absolute atomic E-state index is 0.0256. The van der Waals surface area contributed by atoms with Crippen molar-refractivity contribution in [2.24, 2.45) is 0 Å². The Hall–Kier alpha value is -7.82. The van der Waals surface area contributed by atoms with E-state index in [4.69, 9.17) is 0 Å². The van der Waals surface area contributed by atoms with E-state index in [1.165, 1.54) is 109 Å². The summed E-state index contributed by atoms with van der Waals surface area (Å²) in [5.74, 6) is 0. The number of benzene rings is 9. The second kappa shape index (κ2) is 15.8. The summed E-state index contributed by atoms with van der Waals surface area (Å²) >= 11 is 0. The number of hydrogen-bond donors (Lipinski definition) is 0. The highest BCUT2D eigenvalue weighted by Gasteiger charge is 2.26. The van der Waals surface area contributed by atoms with E-state index < -0.39 is 0 Å². The molecule has 0 unspecified atom stereocenters. The van der Waals surface area contributed by atoms with Gasteiger partial charge in [-0.15, -0.1) is 0 Å². The highest BCUT2D eigenvalue weighted by Crippen LogP contribution is 2.45. The average molecular weight is 963 g/mol. The molecule has 0 radical (unpaired) electrons. The summed E-state index contributed by atoms with van der Waals surface area (Å²) in [7, 11) is 0. The van der Waals surface area contributed by atoms with E-state index in [-0.39, 0.29) is 21.7 Å². The van der Waals surface area contributed by atoms with Gasteiger partial charge >= 0.3 is 0 Å². The normalized spacial score (nSPS) is 13.1. The SMILES string of the molecule is CC(C)(C)c1ccc2c(c1)c1cc(C(C)(C)C)ccc1n2-c1cccc(-n2c3ccccc3c3c2ccc2c4ccccc4n(-c4cccc(-n5c6ccc(C(C)(C)C)cc6c6cc(C(C)(C)C)ccc65)c4)c23)c1. The van der Waals surface area contributed by atoms with Crippen LogP contribution >= 0.6 is 0 Å². The number of aromatic nitrogens is 4. The first-order chi connectivity index (χ1) is 35.2. The van der Waals surface area contributed by atoms with E-state index in [1.54, 1.807) is 0 Å². The maximum absolute atomic E-state index is 2.53. The summed E-state index contributed by atoms with van der Waals surface area (Å²) in [6.45, 7) is 27.7.